The van der Waals surface area contributed by atoms with Gasteiger partial charge in [0, 0.05) is 18.0 Å². The fraction of sp³-hybridized carbons (Fsp3) is 0.364. The number of hydrogen-bond donors (Lipinski definition) is 2. The molecule has 0 atom stereocenters. The van der Waals surface area contributed by atoms with E-state index in [9.17, 15) is 4.79 Å². The molecule has 0 saturated heterocycles. The molecule has 0 bridgehead atoms. The lowest BCUT2D eigenvalue weighted by molar-refractivity contribution is -0.138. The predicted octanol–water partition coefficient (Wildman–Crippen LogP) is 1.42. The molecule has 1 aliphatic rings. The van der Waals surface area contributed by atoms with Crippen molar-refractivity contribution < 1.29 is 9.90 Å². The third-order valence-electron chi connectivity index (χ3n) is 2.64. The summed E-state index contributed by atoms with van der Waals surface area (Å²) in [5, 5.41) is 8.70. The van der Waals surface area contributed by atoms with Crippen LogP contribution in [0.1, 0.15) is 11.1 Å². The Kier molecular flexibility index (Phi) is 2.98. The molecule has 1 aromatic carbocycles. The summed E-state index contributed by atoms with van der Waals surface area (Å²) >= 11 is 4.29. The zero-order valence-corrected chi connectivity index (χ0v) is 9.20. The molecule has 3 nitrogen and oxygen atoms in total. The number of thiol groups is 1. The summed E-state index contributed by atoms with van der Waals surface area (Å²) in [6, 6.07) is 6.05. The van der Waals surface area contributed by atoms with E-state index < -0.39 is 5.97 Å². The molecular formula is C11H13NO2S. The average Bonchev–Trinajstić information content (AvgIpc) is 2.17. The molecule has 1 aromatic rings. The van der Waals surface area contributed by atoms with Crippen molar-refractivity contribution in [1.82, 2.24) is 4.90 Å². The van der Waals surface area contributed by atoms with Crippen LogP contribution < -0.4 is 0 Å². The molecule has 80 valence electrons. The Morgan fingerprint density at radius 2 is 2.27 bits per heavy atom. The van der Waals surface area contributed by atoms with Crippen molar-refractivity contribution in [2.75, 3.05) is 13.1 Å². The standard InChI is InChI=1S/C11H13NO2S/c13-11(14)7-12-4-3-8-5-10(15)2-1-9(8)6-12/h1-2,5,15H,3-4,6-7H2,(H,13,14). The van der Waals surface area contributed by atoms with E-state index in [1.54, 1.807) is 0 Å². The van der Waals surface area contributed by atoms with Crippen molar-refractivity contribution in [3.05, 3.63) is 29.3 Å². The lowest BCUT2D eigenvalue weighted by atomic mass is 10.00. The van der Waals surface area contributed by atoms with Crippen LogP contribution in [0.4, 0.5) is 0 Å². The van der Waals surface area contributed by atoms with Crippen LogP contribution in [0.25, 0.3) is 0 Å². The number of fused-ring (bicyclic) bond motifs is 1. The van der Waals surface area contributed by atoms with Gasteiger partial charge in [-0.2, -0.15) is 0 Å². The molecular weight excluding hydrogens is 210 g/mol. The van der Waals surface area contributed by atoms with E-state index in [2.05, 4.69) is 18.7 Å². The summed E-state index contributed by atoms with van der Waals surface area (Å²) in [4.78, 5) is 13.5. The molecule has 0 aliphatic carbocycles. The SMILES string of the molecule is O=C(O)CN1CCc2cc(S)ccc2C1. The van der Waals surface area contributed by atoms with Crippen LogP contribution >= 0.6 is 12.6 Å². The summed E-state index contributed by atoms with van der Waals surface area (Å²) < 4.78 is 0. The maximum atomic E-state index is 10.6. The van der Waals surface area contributed by atoms with E-state index in [-0.39, 0.29) is 6.54 Å². The topological polar surface area (TPSA) is 40.5 Å². The van der Waals surface area contributed by atoms with Crippen molar-refractivity contribution in [3.8, 4) is 0 Å². The fourth-order valence-corrected chi connectivity index (χ4v) is 2.15. The fourth-order valence-electron chi connectivity index (χ4n) is 1.92. The minimum Gasteiger partial charge on any atom is -0.480 e. The number of carboxylic acids is 1. The molecule has 0 amide bonds. The Hall–Kier alpha value is -1.00. The van der Waals surface area contributed by atoms with Crippen LogP contribution in [0, 0.1) is 0 Å². The minimum absolute atomic E-state index is 0.127. The van der Waals surface area contributed by atoms with Gasteiger partial charge < -0.3 is 5.11 Å². The molecule has 1 N–H and O–H groups in total. The summed E-state index contributed by atoms with van der Waals surface area (Å²) in [6.45, 7) is 1.67. The molecule has 0 unspecified atom stereocenters. The van der Waals surface area contributed by atoms with Crippen LogP contribution in [-0.4, -0.2) is 29.1 Å². The van der Waals surface area contributed by atoms with Gasteiger partial charge in [-0.25, -0.2) is 0 Å². The first-order chi connectivity index (χ1) is 7.15. The predicted molar refractivity (Wildman–Crippen MR) is 60.3 cm³/mol. The molecule has 0 aromatic heterocycles. The third-order valence-corrected chi connectivity index (χ3v) is 2.92. The Morgan fingerprint density at radius 1 is 1.47 bits per heavy atom. The zero-order valence-electron chi connectivity index (χ0n) is 8.31. The third kappa shape index (κ3) is 2.52. The second kappa shape index (κ2) is 4.24. The van der Waals surface area contributed by atoms with Gasteiger partial charge >= 0.3 is 5.97 Å². The smallest absolute Gasteiger partial charge is 0.317 e. The van der Waals surface area contributed by atoms with Crippen molar-refractivity contribution in [1.29, 1.82) is 0 Å². The highest BCUT2D eigenvalue weighted by molar-refractivity contribution is 7.80. The summed E-state index contributed by atoms with van der Waals surface area (Å²) in [5.74, 6) is -0.760. The number of rotatable bonds is 2. The monoisotopic (exact) mass is 223 g/mol. The molecule has 0 saturated carbocycles. The van der Waals surface area contributed by atoms with Gasteiger partial charge in [0.1, 0.15) is 0 Å². The van der Waals surface area contributed by atoms with Crippen LogP contribution in [-0.2, 0) is 17.8 Å². The minimum atomic E-state index is -0.760. The molecule has 0 fully saturated rings. The second-order valence-corrected chi connectivity index (χ2v) is 4.32. The maximum Gasteiger partial charge on any atom is 0.317 e. The van der Waals surface area contributed by atoms with Gasteiger partial charge in [0.15, 0.2) is 0 Å². The number of aliphatic carboxylic acids is 1. The van der Waals surface area contributed by atoms with Gasteiger partial charge in [-0.1, -0.05) is 6.07 Å². The van der Waals surface area contributed by atoms with Crippen LogP contribution in [0.15, 0.2) is 23.1 Å². The highest BCUT2D eigenvalue weighted by atomic mass is 32.1. The molecule has 15 heavy (non-hydrogen) atoms. The van der Waals surface area contributed by atoms with E-state index in [0.717, 1.165) is 24.4 Å². The van der Waals surface area contributed by atoms with Gasteiger partial charge in [-0.3, -0.25) is 9.69 Å². The largest absolute Gasteiger partial charge is 0.480 e. The Bertz CT molecular complexity index is 392. The van der Waals surface area contributed by atoms with E-state index in [4.69, 9.17) is 5.11 Å². The van der Waals surface area contributed by atoms with E-state index in [0.29, 0.717) is 0 Å². The number of hydrogen-bond acceptors (Lipinski definition) is 3. The number of nitrogens with zero attached hydrogens (tertiary/aromatic N) is 1. The quantitative estimate of drug-likeness (QED) is 0.745. The first-order valence-electron chi connectivity index (χ1n) is 4.90. The molecule has 1 heterocycles. The molecule has 4 heteroatoms. The average molecular weight is 223 g/mol. The Morgan fingerprint density at radius 3 is 3.00 bits per heavy atom. The first-order valence-corrected chi connectivity index (χ1v) is 5.35. The first kappa shape index (κ1) is 10.5. The van der Waals surface area contributed by atoms with Crippen LogP contribution in [0.2, 0.25) is 0 Å². The van der Waals surface area contributed by atoms with Crippen LogP contribution in [0.3, 0.4) is 0 Å². The summed E-state index contributed by atoms with van der Waals surface area (Å²) in [7, 11) is 0. The van der Waals surface area contributed by atoms with Crippen LogP contribution in [0.5, 0.6) is 0 Å². The van der Waals surface area contributed by atoms with E-state index in [1.807, 2.05) is 17.0 Å². The number of benzene rings is 1. The Balaban J connectivity index is 2.13. The van der Waals surface area contributed by atoms with Crippen molar-refractivity contribution in [3.63, 3.8) is 0 Å². The molecule has 2 rings (SSSR count). The normalized spacial score (nSPS) is 16.1. The lowest BCUT2D eigenvalue weighted by Gasteiger charge is -2.27. The maximum absolute atomic E-state index is 10.6. The van der Waals surface area contributed by atoms with Gasteiger partial charge in [-0.05, 0) is 29.7 Å². The Labute approximate surface area is 94.1 Å². The lowest BCUT2D eigenvalue weighted by Crippen LogP contribution is -2.34. The van der Waals surface area contributed by atoms with Crippen molar-refractivity contribution in [2.24, 2.45) is 0 Å². The summed E-state index contributed by atoms with van der Waals surface area (Å²) in [5.41, 5.74) is 2.52. The van der Waals surface area contributed by atoms with E-state index in [1.165, 1.54) is 11.1 Å². The number of carboxylic acid groups (broad SMARTS) is 1. The van der Waals surface area contributed by atoms with Gasteiger partial charge in [0.05, 0.1) is 6.54 Å². The van der Waals surface area contributed by atoms with Gasteiger partial charge in [0.2, 0.25) is 0 Å². The molecule has 1 aliphatic heterocycles. The molecule has 0 spiro atoms. The van der Waals surface area contributed by atoms with Crippen molar-refractivity contribution in [2.45, 2.75) is 17.9 Å². The van der Waals surface area contributed by atoms with Gasteiger partial charge in [-0.15, -0.1) is 12.6 Å². The zero-order chi connectivity index (χ0) is 10.8. The summed E-state index contributed by atoms with van der Waals surface area (Å²) in [6.07, 6.45) is 0.914. The highest BCUT2D eigenvalue weighted by Gasteiger charge is 2.17. The highest BCUT2D eigenvalue weighted by Crippen LogP contribution is 2.21. The van der Waals surface area contributed by atoms with Crippen molar-refractivity contribution >= 4 is 18.6 Å². The second-order valence-electron chi connectivity index (χ2n) is 3.81. The molecule has 0 radical (unpaired) electrons. The van der Waals surface area contributed by atoms with Gasteiger partial charge in [0.25, 0.3) is 0 Å². The van der Waals surface area contributed by atoms with E-state index >= 15 is 0 Å². The number of carbonyl (C=O) groups is 1.